The number of carbonyl (C=O) groups excluding carboxylic acids is 2. The smallest absolute Gasteiger partial charge is 0.321 e. The Kier molecular flexibility index (Phi) is 6.19. The van der Waals surface area contributed by atoms with Crippen LogP contribution in [0.5, 0.6) is 0 Å². The molecule has 1 saturated carbocycles. The molecular formula is C16H29N3O3S. The third-order valence-electron chi connectivity index (χ3n) is 4.97. The summed E-state index contributed by atoms with van der Waals surface area (Å²) in [5, 5.41) is 5.36. The van der Waals surface area contributed by atoms with Crippen LogP contribution in [0.2, 0.25) is 0 Å². The average Bonchev–Trinajstić information content (AvgIpc) is 2.44. The Morgan fingerprint density at radius 1 is 1.26 bits per heavy atom. The van der Waals surface area contributed by atoms with Gasteiger partial charge in [-0.05, 0) is 32.6 Å². The first-order valence-corrected chi connectivity index (χ1v) is 9.97. The van der Waals surface area contributed by atoms with E-state index in [0.717, 1.165) is 19.3 Å². The normalized spacial score (nSPS) is 31.3. The molecule has 0 aromatic carbocycles. The highest BCUT2D eigenvalue weighted by molar-refractivity contribution is 7.85. The molecule has 0 unspecified atom stereocenters. The van der Waals surface area contributed by atoms with Crippen molar-refractivity contribution in [2.24, 2.45) is 5.92 Å². The summed E-state index contributed by atoms with van der Waals surface area (Å²) in [5.41, 5.74) is -0.283. The summed E-state index contributed by atoms with van der Waals surface area (Å²) in [7, 11) is -0.818. The Labute approximate surface area is 141 Å². The number of nitrogens with one attached hydrogen (secondary N) is 2. The maximum atomic E-state index is 12.1. The van der Waals surface area contributed by atoms with E-state index in [1.54, 1.807) is 0 Å². The molecular weight excluding hydrogens is 314 g/mol. The van der Waals surface area contributed by atoms with E-state index in [1.807, 2.05) is 18.7 Å². The summed E-state index contributed by atoms with van der Waals surface area (Å²) in [6.45, 7) is 6.90. The molecule has 1 saturated heterocycles. The third-order valence-corrected chi connectivity index (χ3v) is 6.64. The molecule has 2 rings (SSSR count). The van der Waals surface area contributed by atoms with Gasteiger partial charge in [0.2, 0.25) is 5.91 Å². The van der Waals surface area contributed by atoms with E-state index in [1.165, 1.54) is 6.42 Å². The van der Waals surface area contributed by atoms with E-state index < -0.39 is 16.8 Å². The lowest BCUT2D eigenvalue weighted by molar-refractivity contribution is -0.122. The van der Waals surface area contributed by atoms with Crippen LogP contribution in [-0.2, 0) is 15.6 Å². The van der Waals surface area contributed by atoms with E-state index in [4.69, 9.17) is 0 Å². The summed E-state index contributed by atoms with van der Waals surface area (Å²) in [5.74, 6) is 1.31. The number of nitrogens with zero attached hydrogens (tertiary/aromatic N) is 1. The third kappa shape index (κ3) is 5.28. The minimum atomic E-state index is -0.818. The average molecular weight is 343 g/mol. The van der Waals surface area contributed by atoms with Gasteiger partial charge >= 0.3 is 6.03 Å². The van der Waals surface area contributed by atoms with Crippen molar-refractivity contribution >= 4 is 22.7 Å². The van der Waals surface area contributed by atoms with Crippen LogP contribution in [0.25, 0.3) is 0 Å². The van der Waals surface area contributed by atoms with Gasteiger partial charge in [0.1, 0.15) is 0 Å². The molecule has 2 aliphatic rings. The van der Waals surface area contributed by atoms with Crippen LogP contribution in [0.3, 0.4) is 0 Å². The van der Waals surface area contributed by atoms with E-state index >= 15 is 0 Å². The second-order valence-electron chi connectivity index (χ2n) is 7.41. The highest BCUT2D eigenvalue weighted by Crippen LogP contribution is 2.23. The SMILES string of the molecule is C[C@@H]1CCCC[C@@H]1NC(=O)NC(=O)CN1CC[S@](=O)CC1(C)C. The zero-order valence-electron chi connectivity index (χ0n) is 14.4. The zero-order valence-corrected chi connectivity index (χ0v) is 15.2. The number of hydrogen-bond donors (Lipinski definition) is 2. The summed E-state index contributed by atoms with van der Waals surface area (Å²) in [6.07, 6.45) is 4.44. The molecule has 1 heterocycles. The van der Waals surface area contributed by atoms with Gasteiger partial charge in [-0.2, -0.15) is 0 Å². The summed E-state index contributed by atoms with van der Waals surface area (Å²) < 4.78 is 11.7. The van der Waals surface area contributed by atoms with Crippen LogP contribution in [0.1, 0.15) is 46.5 Å². The molecule has 2 N–H and O–H groups in total. The van der Waals surface area contributed by atoms with Crippen LogP contribution in [0.15, 0.2) is 0 Å². The van der Waals surface area contributed by atoms with Gasteiger partial charge in [0.15, 0.2) is 0 Å². The standard InChI is InChI=1S/C16H29N3O3S/c1-12-6-4-5-7-13(12)17-15(21)18-14(20)10-19-8-9-23(22)11-16(19,2)3/h12-13H,4-11H2,1-3H3,(H2,17,18,20,21)/t12-,13+,23+/m1/s1. The monoisotopic (exact) mass is 343 g/mol. The minimum absolute atomic E-state index is 0.158. The van der Waals surface area contributed by atoms with Crippen molar-refractivity contribution in [3.05, 3.63) is 0 Å². The minimum Gasteiger partial charge on any atom is -0.335 e. The Morgan fingerprint density at radius 2 is 1.96 bits per heavy atom. The van der Waals surface area contributed by atoms with Gasteiger partial charge in [0.05, 0.1) is 6.54 Å². The molecule has 0 aromatic rings. The van der Waals surface area contributed by atoms with Gasteiger partial charge in [-0.3, -0.25) is 19.2 Å². The van der Waals surface area contributed by atoms with Gasteiger partial charge in [0.25, 0.3) is 0 Å². The van der Waals surface area contributed by atoms with Crippen LogP contribution < -0.4 is 10.6 Å². The number of urea groups is 1. The molecule has 2 fully saturated rings. The van der Waals surface area contributed by atoms with Crippen molar-refractivity contribution in [1.29, 1.82) is 0 Å². The lowest BCUT2D eigenvalue weighted by Gasteiger charge is -2.41. The van der Waals surface area contributed by atoms with Crippen LogP contribution in [0.4, 0.5) is 4.79 Å². The van der Waals surface area contributed by atoms with Gasteiger partial charge in [-0.15, -0.1) is 0 Å². The van der Waals surface area contributed by atoms with Crippen LogP contribution in [-0.4, -0.2) is 57.2 Å². The summed E-state index contributed by atoms with van der Waals surface area (Å²) >= 11 is 0. The van der Waals surface area contributed by atoms with Gasteiger partial charge in [-0.1, -0.05) is 19.8 Å². The molecule has 0 bridgehead atoms. The molecule has 0 aromatic heterocycles. The fraction of sp³-hybridized carbons (Fsp3) is 0.875. The summed E-state index contributed by atoms with van der Waals surface area (Å²) in [6, 6.07) is -0.238. The molecule has 1 aliphatic heterocycles. The van der Waals surface area contributed by atoms with Crippen molar-refractivity contribution < 1.29 is 13.8 Å². The largest absolute Gasteiger partial charge is 0.335 e. The number of carbonyl (C=O) groups is 2. The highest BCUT2D eigenvalue weighted by Gasteiger charge is 2.34. The predicted octanol–water partition coefficient (Wildman–Crippen LogP) is 1.23. The summed E-state index contributed by atoms with van der Waals surface area (Å²) in [4.78, 5) is 26.1. The predicted molar refractivity (Wildman–Crippen MR) is 91.6 cm³/mol. The molecule has 1 aliphatic carbocycles. The Hall–Kier alpha value is -0.950. The van der Waals surface area contributed by atoms with Crippen molar-refractivity contribution in [1.82, 2.24) is 15.5 Å². The second kappa shape index (κ2) is 7.75. The first-order valence-electron chi connectivity index (χ1n) is 8.48. The molecule has 3 amide bonds. The molecule has 7 heteroatoms. The number of imide groups is 1. The maximum Gasteiger partial charge on any atom is 0.321 e. The molecule has 23 heavy (non-hydrogen) atoms. The first kappa shape index (κ1) is 18.4. The lowest BCUT2D eigenvalue weighted by Crippen LogP contribution is -2.57. The Bertz CT molecular complexity index is 481. The first-order chi connectivity index (χ1) is 10.8. The van der Waals surface area contributed by atoms with Crippen LogP contribution >= 0.6 is 0 Å². The second-order valence-corrected chi connectivity index (χ2v) is 8.99. The Balaban J connectivity index is 1.79. The van der Waals surface area contributed by atoms with Crippen molar-refractivity contribution in [2.45, 2.75) is 58.0 Å². The van der Waals surface area contributed by atoms with E-state index in [0.29, 0.717) is 24.0 Å². The van der Waals surface area contributed by atoms with Crippen molar-refractivity contribution in [2.75, 3.05) is 24.6 Å². The van der Waals surface area contributed by atoms with E-state index in [-0.39, 0.29) is 24.0 Å². The number of rotatable bonds is 3. The van der Waals surface area contributed by atoms with Gasteiger partial charge in [0, 0.05) is 40.4 Å². The fourth-order valence-electron chi connectivity index (χ4n) is 3.44. The molecule has 6 nitrogen and oxygen atoms in total. The van der Waals surface area contributed by atoms with E-state index in [9.17, 15) is 13.8 Å². The molecule has 0 spiro atoms. The molecule has 3 atom stereocenters. The van der Waals surface area contributed by atoms with E-state index in [2.05, 4.69) is 17.6 Å². The zero-order chi connectivity index (χ0) is 17.0. The Morgan fingerprint density at radius 3 is 2.61 bits per heavy atom. The number of amides is 3. The molecule has 132 valence electrons. The quantitative estimate of drug-likeness (QED) is 0.808. The highest BCUT2D eigenvalue weighted by atomic mass is 32.2. The topological polar surface area (TPSA) is 78.5 Å². The van der Waals surface area contributed by atoms with Gasteiger partial charge < -0.3 is 5.32 Å². The van der Waals surface area contributed by atoms with Gasteiger partial charge in [-0.25, -0.2) is 4.79 Å². The maximum absolute atomic E-state index is 12.1. The lowest BCUT2D eigenvalue weighted by atomic mass is 9.86. The van der Waals surface area contributed by atoms with Crippen LogP contribution in [0, 0.1) is 5.92 Å². The molecule has 0 radical (unpaired) electrons. The van der Waals surface area contributed by atoms with Crippen molar-refractivity contribution in [3.8, 4) is 0 Å². The fourth-order valence-corrected chi connectivity index (χ4v) is 4.98. The van der Waals surface area contributed by atoms with Crippen molar-refractivity contribution in [3.63, 3.8) is 0 Å². The number of hydrogen-bond acceptors (Lipinski definition) is 4.